The molecule has 0 fully saturated rings. The van der Waals surface area contributed by atoms with E-state index in [-0.39, 0.29) is 11.1 Å². The SMILES string of the molecule is Cc1cc(C)n(CCCNC(=O)NC(C)c2cc(F)c(Cl)cc2Cl)n1. The van der Waals surface area contributed by atoms with Gasteiger partial charge in [-0.15, -0.1) is 0 Å². The first-order valence-electron chi connectivity index (χ1n) is 7.97. The van der Waals surface area contributed by atoms with Crippen LogP contribution in [0.2, 0.25) is 10.0 Å². The summed E-state index contributed by atoms with van der Waals surface area (Å²) in [6, 6.07) is 3.79. The fourth-order valence-corrected chi connectivity index (χ4v) is 3.07. The first-order chi connectivity index (χ1) is 11.8. The maximum Gasteiger partial charge on any atom is 0.315 e. The van der Waals surface area contributed by atoms with Crippen molar-refractivity contribution in [3.05, 3.63) is 51.0 Å². The Morgan fingerprint density at radius 3 is 2.64 bits per heavy atom. The molecule has 8 heteroatoms. The maximum absolute atomic E-state index is 13.6. The Bertz CT molecular complexity index is 763. The third kappa shape index (κ3) is 5.34. The minimum Gasteiger partial charge on any atom is -0.338 e. The van der Waals surface area contributed by atoms with E-state index in [1.165, 1.54) is 12.1 Å². The number of aromatic nitrogens is 2. The van der Waals surface area contributed by atoms with Gasteiger partial charge in [-0.05, 0) is 51.0 Å². The second-order valence-electron chi connectivity index (χ2n) is 5.91. The average molecular weight is 387 g/mol. The van der Waals surface area contributed by atoms with Gasteiger partial charge < -0.3 is 10.6 Å². The third-order valence-electron chi connectivity index (χ3n) is 3.79. The molecule has 2 N–H and O–H groups in total. The van der Waals surface area contributed by atoms with Crippen LogP contribution >= 0.6 is 23.2 Å². The molecule has 1 aromatic carbocycles. The Kier molecular flexibility index (Phi) is 6.67. The second kappa shape index (κ2) is 8.54. The van der Waals surface area contributed by atoms with Crippen molar-refractivity contribution >= 4 is 29.2 Å². The number of carbonyl (C=O) groups is 1. The van der Waals surface area contributed by atoms with Crippen LogP contribution in [0.3, 0.4) is 0 Å². The predicted octanol–water partition coefficient (Wildman–Crippen LogP) is 4.40. The molecule has 5 nitrogen and oxygen atoms in total. The number of amides is 2. The summed E-state index contributed by atoms with van der Waals surface area (Å²) in [6.07, 6.45) is 0.750. The van der Waals surface area contributed by atoms with Crippen LogP contribution in [0.25, 0.3) is 0 Å². The van der Waals surface area contributed by atoms with Gasteiger partial charge in [-0.2, -0.15) is 5.10 Å². The van der Waals surface area contributed by atoms with Crippen molar-refractivity contribution < 1.29 is 9.18 Å². The molecule has 1 aromatic heterocycles. The van der Waals surface area contributed by atoms with Crippen LogP contribution in [0.15, 0.2) is 18.2 Å². The van der Waals surface area contributed by atoms with Crippen molar-refractivity contribution in [1.29, 1.82) is 0 Å². The summed E-state index contributed by atoms with van der Waals surface area (Å²) in [6.45, 7) is 6.89. The smallest absolute Gasteiger partial charge is 0.315 e. The van der Waals surface area contributed by atoms with Crippen molar-refractivity contribution in [3.63, 3.8) is 0 Å². The molecule has 0 saturated carbocycles. The third-order valence-corrected chi connectivity index (χ3v) is 4.41. The van der Waals surface area contributed by atoms with Crippen molar-refractivity contribution in [1.82, 2.24) is 20.4 Å². The molecule has 2 rings (SSSR count). The van der Waals surface area contributed by atoms with Gasteiger partial charge in [0, 0.05) is 23.8 Å². The predicted molar refractivity (Wildman–Crippen MR) is 97.7 cm³/mol. The molecule has 0 saturated heterocycles. The van der Waals surface area contributed by atoms with E-state index in [0.717, 1.165) is 24.4 Å². The molecule has 0 bridgehead atoms. The molecule has 0 aliphatic heterocycles. The highest BCUT2D eigenvalue weighted by Gasteiger charge is 2.15. The van der Waals surface area contributed by atoms with Crippen LogP contribution < -0.4 is 10.6 Å². The van der Waals surface area contributed by atoms with E-state index in [1.807, 2.05) is 24.6 Å². The molecule has 0 spiro atoms. The Balaban J connectivity index is 1.80. The summed E-state index contributed by atoms with van der Waals surface area (Å²) < 4.78 is 15.5. The Hall–Kier alpha value is -1.79. The van der Waals surface area contributed by atoms with Crippen LogP contribution in [0.1, 0.15) is 36.3 Å². The molecule has 25 heavy (non-hydrogen) atoms. The van der Waals surface area contributed by atoms with Crippen LogP contribution in [0, 0.1) is 19.7 Å². The largest absolute Gasteiger partial charge is 0.338 e. The highest BCUT2D eigenvalue weighted by molar-refractivity contribution is 6.35. The number of carbonyl (C=O) groups excluding carboxylic acids is 1. The fourth-order valence-electron chi connectivity index (χ4n) is 2.53. The number of nitrogens with zero attached hydrogens (tertiary/aromatic N) is 2. The van der Waals surface area contributed by atoms with Crippen LogP contribution in [-0.2, 0) is 6.54 Å². The number of halogens is 3. The number of urea groups is 1. The normalized spacial score (nSPS) is 12.1. The van der Waals surface area contributed by atoms with Crippen molar-refractivity contribution in [2.45, 2.75) is 39.8 Å². The minimum absolute atomic E-state index is 0.0467. The lowest BCUT2D eigenvalue weighted by Gasteiger charge is -2.17. The summed E-state index contributed by atoms with van der Waals surface area (Å²) in [7, 11) is 0. The zero-order valence-electron chi connectivity index (χ0n) is 14.4. The number of nitrogens with one attached hydrogen (secondary N) is 2. The molecule has 2 amide bonds. The Morgan fingerprint density at radius 2 is 2.00 bits per heavy atom. The van der Waals surface area contributed by atoms with Gasteiger partial charge in [0.25, 0.3) is 0 Å². The number of hydrogen-bond acceptors (Lipinski definition) is 2. The van der Waals surface area contributed by atoms with E-state index in [9.17, 15) is 9.18 Å². The van der Waals surface area contributed by atoms with Gasteiger partial charge in [0.05, 0.1) is 16.8 Å². The van der Waals surface area contributed by atoms with Crippen molar-refractivity contribution in [2.75, 3.05) is 6.54 Å². The average Bonchev–Trinajstić information content (AvgIpc) is 2.85. The summed E-state index contributed by atoms with van der Waals surface area (Å²) in [5.41, 5.74) is 2.54. The molecule has 1 heterocycles. The van der Waals surface area contributed by atoms with E-state index >= 15 is 0 Å². The Labute approximate surface area is 156 Å². The van der Waals surface area contributed by atoms with Crippen LogP contribution in [0.4, 0.5) is 9.18 Å². The molecule has 1 unspecified atom stereocenters. The zero-order valence-corrected chi connectivity index (χ0v) is 15.9. The van der Waals surface area contributed by atoms with E-state index in [4.69, 9.17) is 23.2 Å². The molecule has 1 atom stereocenters. The highest BCUT2D eigenvalue weighted by atomic mass is 35.5. The number of aryl methyl sites for hydroxylation is 3. The number of benzene rings is 1. The van der Waals surface area contributed by atoms with Crippen molar-refractivity contribution in [3.8, 4) is 0 Å². The topological polar surface area (TPSA) is 59.0 Å². The molecule has 136 valence electrons. The van der Waals surface area contributed by atoms with Gasteiger partial charge in [0.1, 0.15) is 5.82 Å². The first kappa shape index (κ1) is 19.5. The lowest BCUT2D eigenvalue weighted by atomic mass is 10.1. The van der Waals surface area contributed by atoms with Gasteiger partial charge >= 0.3 is 6.03 Å². The lowest BCUT2D eigenvalue weighted by Crippen LogP contribution is -2.37. The standard InChI is InChI=1S/C17H21Cl2FN4O/c1-10-7-11(2)24(23-10)6-4-5-21-17(25)22-12(3)13-8-16(20)15(19)9-14(13)18/h7-9,12H,4-6H2,1-3H3,(H2,21,22,25). The molecule has 0 aliphatic rings. The first-order valence-corrected chi connectivity index (χ1v) is 8.73. The van der Waals surface area contributed by atoms with Gasteiger partial charge in [-0.1, -0.05) is 23.2 Å². The van der Waals surface area contributed by atoms with E-state index < -0.39 is 11.9 Å². The van der Waals surface area contributed by atoms with Crippen LogP contribution in [0.5, 0.6) is 0 Å². The van der Waals surface area contributed by atoms with Gasteiger partial charge in [0.15, 0.2) is 0 Å². The monoisotopic (exact) mass is 386 g/mol. The van der Waals surface area contributed by atoms with Crippen molar-refractivity contribution in [2.24, 2.45) is 0 Å². The highest BCUT2D eigenvalue weighted by Crippen LogP contribution is 2.28. The summed E-state index contributed by atoms with van der Waals surface area (Å²) in [5.74, 6) is -0.569. The van der Waals surface area contributed by atoms with E-state index in [1.54, 1.807) is 6.92 Å². The molecular weight excluding hydrogens is 366 g/mol. The number of rotatable bonds is 6. The maximum atomic E-state index is 13.6. The van der Waals surface area contributed by atoms with E-state index in [2.05, 4.69) is 15.7 Å². The van der Waals surface area contributed by atoms with Gasteiger partial charge in [-0.3, -0.25) is 4.68 Å². The molecule has 0 aliphatic carbocycles. The molecule has 0 radical (unpaired) electrons. The quantitative estimate of drug-likeness (QED) is 0.570. The lowest BCUT2D eigenvalue weighted by molar-refractivity contribution is 0.237. The van der Waals surface area contributed by atoms with Crippen LogP contribution in [-0.4, -0.2) is 22.4 Å². The summed E-state index contributed by atoms with van der Waals surface area (Å²) >= 11 is 11.7. The number of hydrogen-bond donors (Lipinski definition) is 2. The van der Waals surface area contributed by atoms with Gasteiger partial charge in [-0.25, -0.2) is 9.18 Å². The Morgan fingerprint density at radius 1 is 1.28 bits per heavy atom. The summed E-state index contributed by atoms with van der Waals surface area (Å²) in [4.78, 5) is 12.0. The van der Waals surface area contributed by atoms with E-state index in [0.29, 0.717) is 17.1 Å². The zero-order chi connectivity index (χ0) is 18.6. The summed E-state index contributed by atoms with van der Waals surface area (Å²) in [5, 5.41) is 10.1. The minimum atomic E-state index is -0.569. The molecule has 2 aromatic rings. The second-order valence-corrected chi connectivity index (χ2v) is 6.73. The van der Waals surface area contributed by atoms with Gasteiger partial charge in [0.2, 0.25) is 0 Å². The fraction of sp³-hybridized carbons (Fsp3) is 0.412. The molecular formula is C17H21Cl2FN4O.